The van der Waals surface area contributed by atoms with Crippen LogP contribution in [-0.4, -0.2) is 10.5 Å². The van der Waals surface area contributed by atoms with Crippen molar-refractivity contribution >= 4 is 12.0 Å². The number of carbonyl (C=O) groups is 1. The van der Waals surface area contributed by atoms with Crippen LogP contribution in [0.15, 0.2) is 11.6 Å². The van der Waals surface area contributed by atoms with E-state index in [4.69, 9.17) is 5.26 Å². The van der Waals surface area contributed by atoms with Crippen molar-refractivity contribution < 1.29 is 9.90 Å². The van der Waals surface area contributed by atoms with Crippen LogP contribution < -0.4 is 5.11 Å². The molecular formula is C16H19N2O2-. The van der Waals surface area contributed by atoms with E-state index in [1.165, 1.54) is 38.2 Å². The van der Waals surface area contributed by atoms with Gasteiger partial charge in [-0.1, -0.05) is 19.3 Å². The Morgan fingerprint density at radius 3 is 2.60 bits per heavy atom. The summed E-state index contributed by atoms with van der Waals surface area (Å²) in [7, 11) is 0. The Hall–Kier alpha value is -2.02. The molecule has 0 N–H and O–H groups in total. The lowest BCUT2D eigenvalue weighted by molar-refractivity contribution is -0.298. The first-order valence-electron chi connectivity index (χ1n) is 7.06. The number of carboxylic acids is 1. The standard InChI is InChI=1S/C16H20N2O2/c1-11-8-13(9-14(10-17)16(19)20)12(2)18(11)15-6-4-3-5-7-15/h8-9,15H,3-7H2,1-2H3,(H,19,20)/p-1/b14-9-. The van der Waals surface area contributed by atoms with Crippen LogP contribution in [0.3, 0.4) is 0 Å². The molecule has 1 heterocycles. The molecule has 1 aliphatic carbocycles. The minimum absolute atomic E-state index is 0.325. The Morgan fingerprint density at radius 1 is 1.40 bits per heavy atom. The maximum atomic E-state index is 10.8. The highest BCUT2D eigenvalue weighted by atomic mass is 16.4. The van der Waals surface area contributed by atoms with Gasteiger partial charge in [0.2, 0.25) is 0 Å². The molecule has 0 aromatic carbocycles. The summed E-state index contributed by atoms with van der Waals surface area (Å²) in [6.45, 7) is 4.02. The van der Waals surface area contributed by atoms with E-state index in [0.29, 0.717) is 6.04 Å². The molecule has 0 bridgehead atoms. The molecule has 0 spiro atoms. The highest BCUT2D eigenvalue weighted by Gasteiger charge is 2.19. The topological polar surface area (TPSA) is 68.8 Å². The average molecular weight is 271 g/mol. The lowest BCUT2D eigenvalue weighted by atomic mass is 9.95. The van der Waals surface area contributed by atoms with Crippen molar-refractivity contribution in [2.75, 3.05) is 0 Å². The van der Waals surface area contributed by atoms with Crippen LogP contribution in [-0.2, 0) is 4.79 Å². The van der Waals surface area contributed by atoms with Crippen molar-refractivity contribution in [3.05, 3.63) is 28.6 Å². The van der Waals surface area contributed by atoms with Crippen molar-refractivity contribution in [3.8, 4) is 6.07 Å². The number of aromatic nitrogens is 1. The van der Waals surface area contributed by atoms with Crippen LogP contribution in [0.25, 0.3) is 6.08 Å². The summed E-state index contributed by atoms with van der Waals surface area (Å²) in [6, 6.07) is 4.12. The number of aryl methyl sites for hydroxylation is 1. The third-order valence-electron chi connectivity index (χ3n) is 4.10. The largest absolute Gasteiger partial charge is 0.544 e. The van der Waals surface area contributed by atoms with E-state index in [-0.39, 0.29) is 5.57 Å². The molecule has 1 aliphatic rings. The molecule has 1 aromatic heterocycles. The van der Waals surface area contributed by atoms with E-state index in [0.717, 1.165) is 17.0 Å². The zero-order valence-electron chi connectivity index (χ0n) is 12.0. The zero-order chi connectivity index (χ0) is 14.7. The molecule has 0 aliphatic heterocycles. The third-order valence-corrected chi connectivity index (χ3v) is 4.10. The molecule has 4 heteroatoms. The molecule has 0 amide bonds. The van der Waals surface area contributed by atoms with Crippen LogP contribution in [0, 0.1) is 25.2 Å². The van der Waals surface area contributed by atoms with Crippen LogP contribution in [0.4, 0.5) is 0 Å². The van der Waals surface area contributed by atoms with Gasteiger partial charge in [0.15, 0.2) is 0 Å². The SMILES string of the molecule is Cc1cc(/C=C(/C#N)C(=O)[O-])c(C)n1C1CCCCC1. The van der Waals surface area contributed by atoms with Gasteiger partial charge < -0.3 is 14.5 Å². The summed E-state index contributed by atoms with van der Waals surface area (Å²) in [6.07, 6.45) is 7.55. The van der Waals surface area contributed by atoms with Crippen molar-refractivity contribution in [1.29, 1.82) is 5.26 Å². The minimum Gasteiger partial charge on any atom is -0.544 e. The fourth-order valence-electron chi connectivity index (χ4n) is 3.14. The van der Waals surface area contributed by atoms with Crippen LogP contribution >= 0.6 is 0 Å². The van der Waals surface area contributed by atoms with E-state index in [1.54, 1.807) is 6.07 Å². The van der Waals surface area contributed by atoms with E-state index >= 15 is 0 Å². The lowest BCUT2D eigenvalue weighted by Crippen LogP contribution is -2.23. The van der Waals surface area contributed by atoms with Gasteiger partial charge in [-0.05, 0) is 44.4 Å². The predicted molar refractivity (Wildman–Crippen MR) is 74.6 cm³/mol. The molecule has 2 rings (SSSR count). The molecule has 0 atom stereocenters. The van der Waals surface area contributed by atoms with Gasteiger partial charge in [0, 0.05) is 17.4 Å². The molecule has 0 saturated heterocycles. The monoisotopic (exact) mass is 271 g/mol. The molecule has 106 valence electrons. The van der Waals surface area contributed by atoms with E-state index < -0.39 is 5.97 Å². The van der Waals surface area contributed by atoms with Gasteiger partial charge in [0.25, 0.3) is 0 Å². The molecule has 1 aromatic rings. The van der Waals surface area contributed by atoms with Crippen LogP contribution in [0.1, 0.15) is 55.1 Å². The van der Waals surface area contributed by atoms with Gasteiger partial charge in [-0.25, -0.2) is 0 Å². The molecule has 20 heavy (non-hydrogen) atoms. The number of rotatable bonds is 3. The first-order valence-corrected chi connectivity index (χ1v) is 7.06. The highest BCUT2D eigenvalue weighted by Crippen LogP contribution is 2.32. The summed E-state index contributed by atoms with van der Waals surface area (Å²) in [5.74, 6) is -1.42. The smallest absolute Gasteiger partial charge is 0.101 e. The van der Waals surface area contributed by atoms with Crippen molar-refractivity contribution in [1.82, 2.24) is 4.57 Å². The number of aliphatic carboxylic acids is 1. The number of nitrogens with zero attached hydrogens (tertiary/aromatic N) is 2. The highest BCUT2D eigenvalue weighted by molar-refractivity contribution is 5.95. The lowest BCUT2D eigenvalue weighted by Gasteiger charge is -2.26. The van der Waals surface area contributed by atoms with Gasteiger partial charge in [0.1, 0.15) is 6.07 Å². The average Bonchev–Trinajstić information content (AvgIpc) is 2.71. The van der Waals surface area contributed by atoms with Crippen molar-refractivity contribution in [2.45, 2.75) is 52.0 Å². The summed E-state index contributed by atoms with van der Waals surface area (Å²) < 4.78 is 2.29. The van der Waals surface area contributed by atoms with Gasteiger partial charge in [-0.15, -0.1) is 0 Å². The number of carboxylic acid groups (broad SMARTS) is 1. The Bertz CT molecular complexity index is 584. The second kappa shape index (κ2) is 5.96. The van der Waals surface area contributed by atoms with Crippen molar-refractivity contribution in [2.24, 2.45) is 0 Å². The second-order valence-electron chi connectivity index (χ2n) is 5.45. The Balaban J connectivity index is 2.38. The van der Waals surface area contributed by atoms with Gasteiger partial charge in [-0.3, -0.25) is 0 Å². The molecule has 0 unspecified atom stereocenters. The second-order valence-corrected chi connectivity index (χ2v) is 5.45. The van der Waals surface area contributed by atoms with E-state index in [2.05, 4.69) is 4.57 Å². The molecule has 0 radical (unpaired) electrons. The Labute approximate surface area is 119 Å². The maximum absolute atomic E-state index is 10.8. The molecular weight excluding hydrogens is 252 g/mol. The summed E-state index contributed by atoms with van der Waals surface area (Å²) >= 11 is 0. The summed E-state index contributed by atoms with van der Waals surface area (Å²) in [5, 5.41) is 19.7. The van der Waals surface area contributed by atoms with Crippen LogP contribution in [0.5, 0.6) is 0 Å². The van der Waals surface area contributed by atoms with Gasteiger partial charge >= 0.3 is 0 Å². The predicted octanol–water partition coefficient (Wildman–Crippen LogP) is 2.27. The van der Waals surface area contributed by atoms with E-state index in [9.17, 15) is 9.90 Å². The normalized spacial score (nSPS) is 16.9. The summed E-state index contributed by atoms with van der Waals surface area (Å²) in [5.41, 5.74) is 2.63. The van der Waals surface area contributed by atoms with Gasteiger partial charge in [-0.2, -0.15) is 5.26 Å². The first kappa shape index (κ1) is 14.4. The Morgan fingerprint density at radius 2 is 2.05 bits per heavy atom. The van der Waals surface area contributed by atoms with Crippen LogP contribution in [0.2, 0.25) is 0 Å². The fraction of sp³-hybridized carbons (Fsp3) is 0.500. The molecule has 4 nitrogen and oxygen atoms in total. The first-order chi connectivity index (χ1) is 9.54. The number of hydrogen-bond acceptors (Lipinski definition) is 3. The fourth-order valence-corrected chi connectivity index (χ4v) is 3.14. The number of carbonyl (C=O) groups excluding carboxylic acids is 1. The Kier molecular flexibility index (Phi) is 4.29. The molecule has 1 saturated carbocycles. The maximum Gasteiger partial charge on any atom is 0.101 e. The van der Waals surface area contributed by atoms with E-state index in [1.807, 2.05) is 19.9 Å². The zero-order valence-corrected chi connectivity index (χ0v) is 12.0. The minimum atomic E-state index is -1.42. The van der Waals surface area contributed by atoms with Gasteiger partial charge in [0.05, 0.1) is 11.5 Å². The third kappa shape index (κ3) is 2.77. The van der Waals surface area contributed by atoms with Crippen molar-refractivity contribution in [3.63, 3.8) is 0 Å². The quantitative estimate of drug-likeness (QED) is 0.625. The number of hydrogen-bond donors (Lipinski definition) is 0. The molecule has 1 fully saturated rings. The number of nitriles is 1. The summed E-state index contributed by atoms with van der Waals surface area (Å²) in [4.78, 5) is 10.8.